The van der Waals surface area contributed by atoms with Gasteiger partial charge in [-0.1, -0.05) is 48.6 Å². The normalized spacial score (nSPS) is 14.2. The number of hydrogen-bond donors (Lipinski definition) is 0. The van der Waals surface area contributed by atoms with Crippen molar-refractivity contribution in [3.63, 3.8) is 0 Å². The van der Waals surface area contributed by atoms with Gasteiger partial charge in [0.25, 0.3) is 0 Å². The van der Waals surface area contributed by atoms with Crippen LogP contribution in [0.3, 0.4) is 0 Å². The zero-order valence-electron chi connectivity index (χ0n) is 9.77. The molecule has 2 aliphatic rings. The monoisotopic (exact) mass is 226 g/mol. The van der Waals surface area contributed by atoms with E-state index in [0.29, 0.717) is 0 Å². The lowest BCUT2D eigenvalue weighted by Crippen LogP contribution is -1.85. The van der Waals surface area contributed by atoms with Gasteiger partial charge in [-0.2, -0.15) is 0 Å². The maximum absolute atomic E-state index is 2.33. The van der Waals surface area contributed by atoms with Gasteiger partial charge in [-0.3, -0.25) is 0 Å². The van der Waals surface area contributed by atoms with Crippen molar-refractivity contribution in [2.75, 3.05) is 0 Å². The van der Waals surface area contributed by atoms with E-state index < -0.39 is 0 Å². The number of benzene rings is 3. The van der Waals surface area contributed by atoms with Gasteiger partial charge in [0.2, 0.25) is 0 Å². The van der Waals surface area contributed by atoms with Gasteiger partial charge in [0.1, 0.15) is 0 Å². The van der Waals surface area contributed by atoms with Crippen LogP contribution in [0.5, 0.6) is 0 Å². The van der Waals surface area contributed by atoms with Gasteiger partial charge in [0.15, 0.2) is 0 Å². The van der Waals surface area contributed by atoms with Crippen molar-refractivity contribution in [3.8, 4) is 0 Å². The summed E-state index contributed by atoms with van der Waals surface area (Å²) in [6.07, 6.45) is 9.00. The average molecular weight is 226 g/mol. The fraction of sp³-hybridized carbons (Fsp3) is 0. The molecule has 0 unspecified atom stereocenters. The third kappa shape index (κ3) is 0.853. The van der Waals surface area contributed by atoms with Gasteiger partial charge < -0.3 is 0 Å². The van der Waals surface area contributed by atoms with E-state index in [4.69, 9.17) is 0 Å². The van der Waals surface area contributed by atoms with Gasteiger partial charge in [-0.25, -0.2) is 0 Å². The van der Waals surface area contributed by atoms with Crippen molar-refractivity contribution < 1.29 is 0 Å². The number of hydrogen-bond acceptors (Lipinski definition) is 0. The molecular formula is C18H10. The predicted molar refractivity (Wildman–Crippen MR) is 79.3 cm³/mol. The van der Waals surface area contributed by atoms with Crippen molar-refractivity contribution in [3.05, 3.63) is 58.7 Å². The first kappa shape index (κ1) is 8.71. The molecule has 3 aromatic carbocycles. The van der Waals surface area contributed by atoms with Crippen molar-refractivity contribution in [2.24, 2.45) is 0 Å². The fourth-order valence-electron chi connectivity index (χ4n) is 3.34. The minimum atomic E-state index is 1.34. The molecule has 18 heavy (non-hydrogen) atoms. The largest absolute Gasteiger partial charge is 0.0616 e. The van der Waals surface area contributed by atoms with Crippen LogP contribution in [0, 0.1) is 0 Å². The lowest BCUT2D eigenvalue weighted by Gasteiger charge is -2.09. The van der Waals surface area contributed by atoms with Crippen LogP contribution in [0.2, 0.25) is 0 Å². The number of rotatable bonds is 0. The van der Waals surface area contributed by atoms with Crippen LogP contribution < -0.4 is 0 Å². The van der Waals surface area contributed by atoms with Crippen molar-refractivity contribution in [1.29, 1.82) is 0 Å². The minimum Gasteiger partial charge on any atom is -0.0616 e. The van der Waals surface area contributed by atoms with Gasteiger partial charge >= 0.3 is 0 Å². The zero-order valence-corrected chi connectivity index (χ0v) is 9.77. The highest BCUT2D eigenvalue weighted by Gasteiger charge is 2.19. The Balaban J connectivity index is 2.18. The lowest BCUT2D eigenvalue weighted by atomic mass is 9.94. The first-order valence-electron chi connectivity index (χ1n) is 6.30. The molecule has 3 aromatic rings. The van der Waals surface area contributed by atoms with Crippen LogP contribution in [-0.2, 0) is 0 Å². The van der Waals surface area contributed by atoms with Crippen LogP contribution >= 0.6 is 0 Å². The molecule has 0 aliphatic heterocycles. The van der Waals surface area contributed by atoms with E-state index in [1.165, 1.54) is 43.8 Å². The van der Waals surface area contributed by atoms with Crippen LogP contribution in [-0.4, -0.2) is 0 Å². The summed E-state index contributed by atoms with van der Waals surface area (Å²) < 4.78 is 0. The summed E-state index contributed by atoms with van der Waals surface area (Å²) in [6, 6.07) is 13.3. The molecule has 0 saturated heterocycles. The van der Waals surface area contributed by atoms with E-state index in [1.807, 2.05) is 0 Å². The van der Waals surface area contributed by atoms with Gasteiger partial charge in [0.05, 0.1) is 0 Å². The second-order valence-corrected chi connectivity index (χ2v) is 5.07. The molecule has 0 spiro atoms. The third-order valence-corrected chi connectivity index (χ3v) is 4.15. The van der Waals surface area contributed by atoms with Crippen LogP contribution in [0.15, 0.2) is 36.4 Å². The molecule has 2 aliphatic carbocycles. The molecule has 0 atom stereocenters. The standard InChI is InChI=1S/C18H10/c1-2-4-14-11(3-1)10-17-13-6-5-12(9-13)15-7-8-16(14)18(15)17/h1-10H. The average Bonchev–Trinajstić information content (AvgIpc) is 3.01. The predicted octanol–water partition coefficient (Wildman–Crippen LogP) is 4.96. The van der Waals surface area contributed by atoms with E-state index in [2.05, 4.69) is 60.7 Å². The Morgan fingerprint density at radius 3 is 2.44 bits per heavy atom. The molecule has 0 N–H and O–H groups in total. The quantitative estimate of drug-likeness (QED) is 0.327. The number of fused-ring (bicyclic) bond motifs is 6. The molecule has 5 rings (SSSR count). The van der Waals surface area contributed by atoms with Gasteiger partial charge in [-0.05, 0) is 55.9 Å². The molecule has 0 fully saturated rings. The zero-order chi connectivity index (χ0) is 11.7. The summed E-state index contributed by atoms with van der Waals surface area (Å²) >= 11 is 0. The Kier molecular flexibility index (Phi) is 1.32. The summed E-state index contributed by atoms with van der Waals surface area (Å²) in [7, 11) is 0. The molecular weight excluding hydrogens is 216 g/mol. The topological polar surface area (TPSA) is 0 Å². The second kappa shape index (κ2) is 2.73. The minimum absolute atomic E-state index is 1.34. The molecule has 0 heteroatoms. The Labute approximate surface area is 105 Å². The molecule has 0 radical (unpaired) electrons. The van der Waals surface area contributed by atoms with Gasteiger partial charge in [0, 0.05) is 0 Å². The van der Waals surface area contributed by atoms with Crippen LogP contribution in [0.4, 0.5) is 0 Å². The Morgan fingerprint density at radius 2 is 1.44 bits per heavy atom. The van der Waals surface area contributed by atoms with Crippen LogP contribution in [0.1, 0.15) is 22.3 Å². The van der Waals surface area contributed by atoms with Crippen LogP contribution in [0.25, 0.3) is 45.8 Å². The highest BCUT2D eigenvalue weighted by molar-refractivity contribution is 6.19. The van der Waals surface area contributed by atoms with Crippen molar-refractivity contribution in [2.45, 2.75) is 0 Å². The second-order valence-electron chi connectivity index (χ2n) is 5.07. The smallest absolute Gasteiger partial charge is 0.00204 e. The third-order valence-electron chi connectivity index (χ3n) is 4.15. The Morgan fingerprint density at radius 1 is 0.611 bits per heavy atom. The molecule has 2 bridgehead atoms. The first-order chi connectivity index (χ1) is 8.92. The molecule has 0 amide bonds. The molecule has 0 nitrogen and oxygen atoms in total. The van der Waals surface area contributed by atoms with E-state index in [0.717, 1.165) is 0 Å². The lowest BCUT2D eigenvalue weighted by molar-refractivity contribution is 1.71. The molecule has 0 saturated carbocycles. The summed E-state index contributed by atoms with van der Waals surface area (Å²) in [6.45, 7) is 0. The van der Waals surface area contributed by atoms with Crippen molar-refractivity contribution in [1.82, 2.24) is 0 Å². The van der Waals surface area contributed by atoms with E-state index in [9.17, 15) is 0 Å². The summed E-state index contributed by atoms with van der Waals surface area (Å²) in [5.41, 5.74) is 5.51. The maximum Gasteiger partial charge on any atom is -0.00204 e. The summed E-state index contributed by atoms with van der Waals surface area (Å²) in [5.74, 6) is 0. The summed E-state index contributed by atoms with van der Waals surface area (Å²) in [5, 5.41) is 5.53. The Bertz CT molecular complexity index is 908. The summed E-state index contributed by atoms with van der Waals surface area (Å²) in [4.78, 5) is 0. The fourth-order valence-corrected chi connectivity index (χ4v) is 3.34. The maximum atomic E-state index is 2.33. The molecule has 82 valence electrons. The first-order valence-corrected chi connectivity index (χ1v) is 6.30. The molecule has 0 heterocycles. The SMILES string of the molecule is C1=Cc2cc1c1c3c(c4ccccc4cc23)C=C1. The van der Waals surface area contributed by atoms with E-state index in [-0.39, 0.29) is 0 Å². The van der Waals surface area contributed by atoms with Gasteiger partial charge in [-0.15, -0.1) is 0 Å². The Hall–Kier alpha value is -2.34. The van der Waals surface area contributed by atoms with Crippen molar-refractivity contribution >= 4 is 45.8 Å². The van der Waals surface area contributed by atoms with E-state index >= 15 is 0 Å². The molecule has 0 aromatic heterocycles. The highest BCUT2D eigenvalue weighted by atomic mass is 14.2. The van der Waals surface area contributed by atoms with E-state index in [1.54, 1.807) is 0 Å². The highest BCUT2D eigenvalue weighted by Crippen LogP contribution is 2.42.